The maximum Gasteiger partial charge on any atom is 0.306 e. The van der Waals surface area contributed by atoms with Crippen molar-refractivity contribution in [2.75, 3.05) is 6.54 Å². The first-order chi connectivity index (χ1) is 14.1. The third-order valence-corrected chi connectivity index (χ3v) is 5.32. The van der Waals surface area contributed by atoms with E-state index in [1.165, 1.54) is 6.08 Å². The highest BCUT2D eigenvalue weighted by molar-refractivity contribution is 5.91. The Labute approximate surface area is 171 Å². The van der Waals surface area contributed by atoms with E-state index in [1.54, 1.807) is 6.08 Å². The van der Waals surface area contributed by atoms with Gasteiger partial charge in [-0.2, -0.15) is 0 Å². The van der Waals surface area contributed by atoms with Gasteiger partial charge in [-0.25, -0.2) is 0 Å². The van der Waals surface area contributed by atoms with Crippen molar-refractivity contribution in [1.29, 1.82) is 0 Å². The quantitative estimate of drug-likeness (QED) is 0.656. The molecule has 1 saturated carbocycles. The number of hydrogen-bond donors (Lipinski definition) is 2. The number of rotatable bonds is 8. The van der Waals surface area contributed by atoms with E-state index in [2.05, 4.69) is 5.32 Å². The first-order valence-corrected chi connectivity index (χ1v) is 10.1. The van der Waals surface area contributed by atoms with Crippen molar-refractivity contribution in [2.24, 2.45) is 11.8 Å². The van der Waals surface area contributed by atoms with E-state index >= 15 is 0 Å². The smallest absolute Gasteiger partial charge is 0.306 e. The van der Waals surface area contributed by atoms with Crippen LogP contribution >= 0.6 is 0 Å². The lowest BCUT2D eigenvalue weighted by molar-refractivity contribution is -0.145. The fourth-order valence-corrected chi connectivity index (χ4v) is 3.66. The van der Waals surface area contributed by atoms with Gasteiger partial charge in [0.1, 0.15) is 12.4 Å². The number of carboxylic acids is 1. The fourth-order valence-electron chi connectivity index (χ4n) is 3.66. The Kier molecular flexibility index (Phi) is 7.45. The highest BCUT2D eigenvalue weighted by atomic mass is 16.5. The van der Waals surface area contributed by atoms with Crippen molar-refractivity contribution in [3.05, 3.63) is 71.8 Å². The van der Waals surface area contributed by atoms with Crippen LogP contribution in [0.15, 0.2) is 60.7 Å². The lowest BCUT2D eigenvalue weighted by atomic mass is 9.79. The minimum absolute atomic E-state index is 0.0136. The zero-order valence-electron chi connectivity index (χ0n) is 16.4. The molecule has 2 aromatic carbocycles. The largest absolute Gasteiger partial charge is 0.489 e. The molecule has 152 valence electrons. The zero-order chi connectivity index (χ0) is 20.5. The average molecular weight is 393 g/mol. The molecule has 0 radical (unpaired) electrons. The molecule has 0 spiro atoms. The van der Waals surface area contributed by atoms with Crippen LogP contribution in [0.5, 0.6) is 5.75 Å². The molecule has 1 fully saturated rings. The van der Waals surface area contributed by atoms with E-state index in [0.717, 1.165) is 36.1 Å². The first kappa shape index (κ1) is 20.6. The fraction of sp³-hybridized carbons (Fsp3) is 0.333. The molecule has 1 amide bonds. The number of aliphatic carboxylic acids is 1. The summed E-state index contributed by atoms with van der Waals surface area (Å²) in [7, 11) is 0. The normalized spacial score (nSPS) is 19.0. The maximum absolute atomic E-state index is 12.1. The van der Waals surface area contributed by atoms with Crippen molar-refractivity contribution in [3.63, 3.8) is 0 Å². The van der Waals surface area contributed by atoms with Crippen LogP contribution in [0.4, 0.5) is 0 Å². The molecule has 0 aliphatic heterocycles. The van der Waals surface area contributed by atoms with Crippen LogP contribution in [0.1, 0.15) is 36.8 Å². The molecule has 0 saturated heterocycles. The van der Waals surface area contributed by atoms with Crippen LogP contribution in [0.3, 0.4) is 0 Å². The van der Waals surface area contributed by atoms with Gasteiger partial charge >= 0.3 is 5.97 Å². The van der Waals surface area contributed by atoms with Gasteiger partial charge in [0.25, 0.3) is 0 Å². The Balaban J connectivity index is 1.45. The minimum atomic E-state index is -0.755. The summed E-state index contributed by atoms with van der Waals surface area (Å²) in [4.78, 5) is 23.4. The van der Waals surface area contributed by atoms with Gasteiger partial charge in [-0.1, -0.05) is 55.3 Å². The summed E-state index contributed by atoms with van der Waals surface area (Å²) in [5, 5.41) is 12.2. The topological polar surface area (TPSA) is 75.6 Å². The number of hydrogen-bond acceptors (Lipinski definition) is 3. The molecule has 0 unspecified atom stereocenters. The zero-order valence-corrected chi connectivity index (χ0v) is 16.4. The SMILES string of the molecule is O=C(/C=C/c1ccc(OCc2ccccc2)cc1)NC[C@@H]1CCCC[C@@H]1C(=O)O. The van der Waals surface area contributed by atoms with E-state index in [9.17, 15) is 14.7 Å². The van der Waals surface area contributed by atoms with Crippen molar-refractivity contribution in [2.45, 2.75) is 32.3 Å². The van der Waals surface area contributed by atoms with Gasteiger partial charge in [0.2, 0.25) is 5.91 Å². The third kappa shape index (κ3) is 6.49. The predicted molar refractivity (Wildman–Crippen MR) is 112 cm³/mol. The molecule has 0 heterocycles. The maximum atomic E-state index is 12.1. The molecule has 0 bridgehead atoms. The van der Waals surface area contributed by atoms with Gasteiger partial charge in [-0.15, -0.1) is 0 Å². The van der Waals surface area contributed by atoms with Gasteiger partial charge < -0.3 is 15.2 Å². The Morgan fingerprint density at radius 1 is 1.03 bits per heavy atom. The highest BCUT2D eigenvalue weighted by Gasteiger charge is 2.30. The molecule has 5 heteroatoms. The Hall–Kier alpha value is -3.08. The molecular weight excluding hydrogens is 366 g/mol. The number of carbonyl (C=O) groups is 2. The number of carboxylic acid groups (broad SMARTS) is 1. The van der Waals surface area contributed by atoms with Crippen molar-refractivity contribution in [1.82, 2.24) is 5.32 Å². The summed E-state index contributed by atoms with van der Waals surface area (Å²) in [5.74, 6) is -0.526. The summed E-state index contributed by atoms with van der Waals surface area (Å²) in [6.07, 6.45) is 6.76. The second-order valence-electron chi connectivity index (χ2n) is 7.41. The Morgan fingerprint density at radius 2 is 1.76 bits per heavy atom. The number of nitrogens with one attached hydrogen (secondary N) is 1. The van der Waals surface area contributed by atoms with Crippen molar-refractivity contribution >= 4 is 18.0 Å². The number of benzene rings is 2. The molecule has 2 N–H and O–H groups in total. The molecule has 1 aliphatic rings. The molecule has 1 aliphatic carbocycles. The minimum Gasteiger partial charge on any atom is -0.489 e. The first-order valence-electron chi connectivity index (χ1n) is 10.1. The molecule has 2 aromatic rings. The third-order valence-electron chi connectivity index (χ3n) is 5.32. The monoisotopic (exact) mass is 393 g/mol. The van der Waals surface area contributed by atoms with E-state index < -0.39 is 5.97 Å². The van der Waals surface area contributed by atoms with Gasteiger partial charge in [0.05, 0.1) is 5.92 Å². The number of ether oxygens (including phenoxy) is 1. The molecule has 29 heavy (non-hydrogen) atoms. The summed E-state index contributed by atoms with van der Waals surface area (Å²) >= 11 is 0. The number of amides is 1. The summed E-state index contributed by atoms with van der Waals surface area (Å²) in [6.45, 7) is 0.920. The molecule has 2 atom stereocenters. The van der Waals surface area contributed by atoms with Gasteiger partial charge in [0, 0.05) is 12.6 Å². The van der Waals surface area contributed by atoms with Crippen LogP contribution in [0.25, 0.3) is 6.08 Å². The Morgan fingerprint density at radius 3 is 2.48 bits per heavy atom. The highest BCUT2D eigenvalue weighted by Crippen LogP contribution is 2.29. The predicted octanol–water partition coefficient (Wildman–Crippen LogP) is 4.29. The lowest BCUT2D eigenvalue weighted by Gasteiger charge is -2.28. The lowest BCUT2D eigenvalue weighted by Crippen LogP contribution is -2.36. The second kappa shape index (κ2) is 10.5. The van der Waals surface area contributed by atoms with E-state index in [-0.39, 0.29) is 17.7 Å². The van der Waals surface area contributed by atoms with Crippen molar-refractivity contribution in [3.8, 4) is 5.75 Å². The molecule has 5 nitrogen and oxygen atoms in total. The van der Waals surface area contributed by atoms with Crippen LogP contribution in [-0.4, -0.2) is 23.5 Å². The second-order valence-corrected chi connectivity index (χ2v) is 7.41. The van der Waals surface area contributed by atoms with Crippen LogP contribution < -0.4 is 10.1 Å². The van der Waals surface area contributed by atoms with Crippen LogP contribution in [0.2, 0.25) is 0 Å². The van der Waals surface area contributed by atoms with Gasteiger partial charge in [-0.05, 0) is 48.1 Å². The number of carbonyl (C=O) groups excluding carboxylic acids is 1. The summed E-state index contributed by atoms with van der Waals surface area (Å²) < 4.78 is 5.76. The molecule has 3 rings (SSSR count). The molecular formula is C24H27NO4. The van der Waals surface area contributed by atoms with E-state index in [1.807, 2.05) is 54.6 Å². The average Bonchev–Trinajstić information content (AvgIpc) is 2.76. The molecule has 0 aromatic heterocycles. The van der Waals surface area contributed by atoms with Gasteiger partial charge in [0.15, 0.2) is 0 Å². The Bertz CT molecular complexity index is 830. The van der Waals surface area contributed by atoms with E-state index in [0.29, 0.717) is 19.6 Å². The van der Waals surface area contributed by atoms with E-state index in [4.69, 9.17) is 4.74 Å². The van der Waals surface area contributed by atoms with Crippen molar-refractivity contribution < 1.29 is 19.4 Å². The van der Waals surface area contributed by atoms with Gasteiger partial charge in [-0.3, -0.25) is 9.59 Å². The van der Waals surface area contributed by atoms with Crippen LogP contribution in [0, 0.1) is 11.8 Å². The summed E-state index contributed by atoms with van der Waals surface area (Å²) in [6, 6.07) is 17.5. The summed E-state index contributed by atoms with van der Waals surface area (Å²) in [5.41, 5.74) is 2.00. The standard InChI is InChI=1S/C24H27NO4/c26-23(25-16-20-8-4-5-9-22(20)24(27)28)15-12-18-10-13-21(14-11-18)29-17-19-6-2-1-3-7-19/h1-3,6-7,10-15,20,22H,4-5,8-9,16-17H2,(H,25,26)(H,27,28)/b15-12+/t20-,22-/m0/s1. The van der Waals surface area contributed by atoms with Crippen LogP contribution in [-0.2, 0) is 16.2 Å².